The second-order valence-electron chi connectivity index (χ2n) is 2.58. The van der Waals surface area contributed by atoms with Gasteiger partial charge in [0.05, 0.1) is 18.0 Å². The normalized spacial score (nSPS) is 15.5. The van der Waals surface area contributed by atoms with E-state index in [1.807, 2.05) is 6.92 Å². The maximum absolute atomic E-state index is 9.00. The van der Waals surface area contributed by atoms with Crippen LogP contribution in [0.5, 0.6) is 0 Å². The SMILES string of the molecule is Cc1nc2n(c1CO)CCS2. The summed E-state index contributed by atoms with van der Waals surface area (Å²) in [5.74, 6) is 1.09. The lowest BCUT2D eigenvalue weighted by Crippen LogP contribution is -2.00. The predicted octanol–water partition coefficient (Wildman–Crippen LogP) is 0.790. The number of aryl methyl sites for hydroxylation is 1. The number of rotatable bonds is 1. The zero-order valence-corrected chi connectivity index (χ0v) is 7.19. The van der Waals surface area contributed by atoms with Gasteiger partial charge in [0, 0.05) is 12.3 Å². The Hall–Kier alpha value is -0.480. The molecule has 0 saturated carbocycles. The first kappa shape index (κ1) is 7.18. The molecule has 1 N–H and O–H groups in total. The minimum Gasteiger partial charge on any atom is -0.390 e. The molecule has 2 heterocycles. The number of aliphatic hydroxyl groups excluding tert-OH is 1. The molecule has 60 valence electrons. The van der Waals surface area contributed by atoms with E-state index in [4.69, 9.17) is 5.11 Å². The monoisotopic (exact) mass is 170 g/mol. The van der Waals surface area contributed by atoms with Gasteiger partial charge in [-0.1, -0.05) is 11.8 Å². The van der Waals surface area contributed by atoms with E-state index in [9.17, 15) is 0 Å². The molecule has 0 unspecified atom stereocenters. The summed E-state index contributed by atoms with van der Waals surface area (Å²) in [6, 6.07) is 0. The Morgan fingerprint density at radius 3 is 3.27 bits per heavy atom. The van der Waals surface area contributed by atoms with Crippen molar-refractivity contribution in [3.05, 3.63) is 11.4 Å². The molecule has 3 nitrogen and oxygen atoms in total. The van der Waals surface area contributed by atoms with Crippen LogP contribution in [0.1, 0.15) is 11.4 Å². The Morgan fingerprint density at radius 2 is 2.55 bits per heavy atom. The van der Waals surface area contributed by atoms with Crippen LogP contribution >= 0.6 is 11.8 Å². The third kappa shape index (κ3) is 0.973. The van der Waals surface area contributed by atoms with E-state index in [0.29, 0.717) is 0 Å². The standard InChI is InChI=1S/C7H10N2OS/c1-5-6(4-10)9-2-3-11-7(9)8-5/h10H,2-4H2,1H3. The van der Waals surface area contributed by atoms with Crippen LogP contribution in [-0.2, 0) is 13.2 Å². The molecule has 2 rings (SSSR count). The van der Waals surface area contributed by atoms with E-state index in [2.05, 4.69) is 9.55 Å². The molecule has 0 fully saturated rings. The lowest BCUT2D eigenvalue weighted by atomic mass is 10.3. The molecule has 0 saturated heterocycles. The van der Waals surface area contributed by atoms with Crippen LogP contribution in [0.15, 0.2) is 5.16 Å². The van der Waals surface area contributed by atoms with E-state index in [-0.39, 0.29) is 6.61 Å². The van der Waals surface area contributed by atoms with Crippen molar-refractivity contribution >= 4 is 11.8 Å². The lowest BCUT2D eigenvalue weighted by Gasteiger charge is -1.99. The van der Waals surface area contributed by atoms with E-state index in [1.165, 1.54) is 0 Å². The van der Waals surface area contributed by atoms with Crippen LogP contribution in [0.4, 0.5) is 0 Å². The zero-order valence-electron chi connectivity index (χ0n) is 6.37. The van der Waals surface area contributed by atoms with Crippen LogP contribution in [0, 0.1) is 6.92 Å². The fourth-order valence-electron chi connectivity index (χ4n) is 1.35. The first-order valence-corrected chi connectivity index (χ1v) is 4.61. The Labute approximate surface area is 69.4 Å². The number of nitrogens with zero attached hydrogens (tertiary/aromatic N) is 2. The molecule has 1 aromatic rings. The number of imidazole rings is 1. The smallest absolute Gasteiger partial charge is 0.168 e. The number of hydrogen-bond donors (Lipinski definition) is 1. The molecule has 0 atom stereocenters. The van der Waals surface area contributed by atoms with Crippen molar-refractivity contribution in [2.75, 3.05) is 5.75 Å². The lowest BCUT2D eigenvalue weighted by molar-refractivity contribution is 0.269. The summed E-state index contributed by atoms with van der Waals surface area (Å²) in [6.07, 6.45) is 0. The fraction of sp³-hybridized carbons (Fsp3) is 0.571. The van der Waals surface area contributed by atoms with Gasteiger partial charge in [-0.3, -0.25) is 0 Å². The maximum Gasteiger partial charge on any atom is 0.168 e. The summed E-state index contributed by atoms with van der Waals surface area (Å²) in [5, 5.41) is 10.1. The molecule has 0 amide bonds. The van der Waals surface area contributed by atoms with E-state index in [0.717, 1.165) is 28.8 Å². The average Bonchev–Trinajstić information content (AvgIpc) is 2.46. The van der Waals surface area contributed by atoms with Gasteiger partial charge in [-0.2, -0.15) is 0 Å². The average molecular weight is 170 g/mol. The van der Waals surface area contributed by atoms with Gasteiger partial charge < -0.3 is 9.67 Å². The highest BCUT2D eigenvalue weighted by Gasteiger charge is 2.18. The van der Waals surface area contributed by atoms with E-state index < -0.39 is 0 Å². The molecule has 11 heavy (non-hydrogen) atoms. The van der Waals surface area contributed by atoms with Gasteiger partial charge in [-0.15, -0.1) is 0 Å². The van der Waals surface area contributed by atoms with Crippen LogP contribution in [0.25, 0.3) is 0 Å². The van der Waals surface area contributed by atoms with Gasteiger partial charge in [0.15, 0.2) is 5.16 Å². The first-order valence-electron chi connectivity index (χ1n) is 3.62. The van der Waals surface area contributed by atoms with Crippen LogP contribution in [0.2, 0.25) is 0 Å². The van der Waals surface area contributed by atoms with Gasteiger partial charge in [-0.05, 0) is 6.92 Å². The molecule has 4 heteroatoms. The zero-order chi connectivity index (χ0) is 7.84. The number of thioether (sulfide) groups is 1. The van der Waals surface area contributed by atoms with Crippen molar-refractivity contribution in [3.63, 3.8) is 0 Å². The molecule has 0 radical (unpaired) electrons. The Morgan fingerprint density at radius 1 is 1.73 bits per heavy atom. The Kier molecular flexibility index (Phi) is 1.65. The van der Waals surface area contributed by atoms with Crippen molar-refractivity contribution in [2.24, 2.45) is 0 Å². The molecule has 1 aliphatic heterocycles. The number of aliphatic hydroxyl groups is 1. The first-order chi connectivity index (χ1) is 5.33. The summed E-state index contributed by atoms with van der Waals surface area (Å²) in [6.45, 7) is 3.05. The highest BCUT2D eigenvalue weighted by molar-refractivity contribution is 7.99. The molecule has 0 aromatic carbocycles. The molecule has 0 spiro atoms. The topological polar surface area (TPSA) is 38.0 Å². The molecule has 0 bridgehead atoms. The summed E-state index contributed by atoms with van der Waals surface area (Å²) >= 11 is 1.76. The third-order valence-electron chi connectivity index (χ3n) is 1.93. The Balaban J connectivity index is 2.52. The minimum absolute atomic E-state index is 0.111. The number of hydrogen-bond acceptors (Lipinski definition) is 3. The highest BCUT2D eigenvalue weighted by atomic mass is 32.2. The summed E-state index contributed by atoms with van der Waals surface area (Å²) in [4.78, 5) is 4.33. The Bertz CT molecular complexity index is 282. The predicted molar refractivity (Wildman–Crippen MR) is 43.6 cm³/mol. The maximum atomic E-state index is 9.00. The van der Waals surface area contributed by atoms with Gasteiger partial charge in [0.2, 0.25) is 0 Å². The minimum atomic E-state index is 0.111. The van der Waals surface area contributed by atoms with Gasteiger partial charge in [-0.25, -0.2) is 4.98 Å². The quantitative estimate of drug-likeness (QED) is 0.677. The van der Waals surface area contributed by atoms with E-state index in [1.54, 1.807) is 11.8 Å². The second-order valence-corrected chi connectivity index (χ2v) is 3.65. The van der Waals surface area contributed by atoms with Crippen molar-refractivity contribution in [3.8, 4) is 0 Å². The van der Waals surface area contributed by atoms with Crippen LogP contribution in [-0.4, -0.2) is 20.4 Å². The van der Waals surface area contributed by atoms with Gasteiger partial charge in [0.25, 0.3) is 0 Å². The number of aromatic nitrogens is 2. The van der Waals surface area contributed by atoms with Crippen molar-refractivity contribution in [1.82, 2.24) is 9.55 Å². The summed E-state index contributed by atoms with van der Waals surface area (Å²) < 4.78 is 2.10. The van der Waals surface area contributed by atoms with Gasteiger partial charge in [0.1, 0.15) is 0 Å². The molecular formula is C7H10N2OS. The third-order valence-corrected chi connectivity index (χ3v) is 2.89. The van der Waals surface area contributed by atoms with Crippen molar-refractivity contribution in [1.29, 1.82) is 0 Å². The summed E-state index contributed by atoms with van der Waals surface area (Å²) in [7, 11) is 0. The largest absolute Gasteiger partial charge is 0.390 e. The van der Waals surface area contributed by atoms with Crippen molar-refractivity contribution in [2.45, 2.75) is 25.2 Å². The van der Waals surface area contributed by atoms with Crippen LogP contribution < -0.4 is 0 Å². The molecular weight excluding hydrogens is 160 g/mol. The molecule has 1 aliphatic rings. The molecule has 0 aliphatic carbocycles. The van der Waals surface area contributed by atoms with Crippen molar-refractivity contribution < 1.29 is 5.11 Å². The second kappa shape index (κ2) is 2.53. The highest BCUT2D eigenvalue weighted by Crippen LogP contribution is 2.27. The molecule has 1 aromatic heterocycles. The van der Waals surface area contributed by atoms with Crippen LogP contribution in [0.3, 0.4) is 0 Å². The summed E-state index contributed by atoms with van der Waals surface area (Å²) in [5.41, 5.74) is 1.94. The fourth-order valence-corrected chi connectivity index (χ4v) is 2.36. The number of fused-ring (bicyclic) bond motifs is 1. The van der Waals surface area contributed by atoms with Gasteiger partial charge >= 0.3 is 0 Å². The van der Waals surface area contributed by atoms with E-state index >= 15 is 0 Å².